The smallest absolute Gasteiger partial charge is 0.245 e. The molecule has 0 unspecified atom stereocenters. The number of rotatable bonds is 3. The lowest BCUT2D eigenvalue weighted by Gasteiger charge is -2.43. The summed E-state index contributed by atoms with van der Waals surface area (Å²) in [7, 11) is 1.92. The lowest BCUT2D eigenvalue weighted by Crippen LogP contribution is -2.43. The molecule has 1 spiro atoms. The Kier molecular flexibility index (Phi) is 10.4. The van der Waals surface area contributed by atoms with E-state index in [1.54, 1.807) is 0 Å². The van der Waals surface area contributed by atoms with Crippen molar-refractivity contribution in [3.05, 3.63) is 36.6 Å². The van der Waals surface area contributed by atoms with E-state index in [9.17, 15) is 4.79 Å². The van der Waals surface area contributed by atoms with E-state index in [0.29, 0.717) is 5.41 Å². The van der Waals surface area contributed by atoms with E-state index in [1.165, 1.54) is 18.1 Å². The summed E-state index contributed by atoms with van der Waals surface area (Å²) in [5, 5.41) is 3.13. The first kappa shape index (κ1) is 21.5. The predicted molar refractivity (Wildman–Crippen MR) is 101 cm³/mol. The SMILES string of the molecule is C=CC(=O)N1CCC2(CC=C(C(=C)NC)CC2)CC1.CC.CC. The number of carbonyl (C=O) groups is 1. The van der Waals surface area contributed by atoms with E-state index >= 15 is 0 Å². The number of likely N-dealkylation sites (tertiary alicyclic amines) is 1. The van der Waals surface area contributed by atoms with Crippen LogP contribution in [0.25, 0.3) is 0 Å². The molecule has 2 aliphatic rings. The summed E-state index contributed by atoms with van der Waals surface area (Å²) in [5.74, 6) is 0.0745. The molecule has 0 saturated carbocycles. The molecule has 0 bridgehead atoms. The Morgan fingerprint density at radius 1 is 1.22 bits per heavy atom. The maximum Gasteiger partial charge on any atom is 0.245 e. The van der Waals surface area contributed by atoms with Gasteiger partial charge in [0.25, 0.3) is 0 Å². The fourth-order valence-corrected chi connectivity index (χ4v) is 3.16. The van der Waals surface area contributed by atoms with Crippen molar-refractivity contribution in [3.63, 3.8) is 0 Å². The predicted octanol–water partition coefficient (Wildman–Crippen LogP) is 4.68. The number of piperidine rings is 1. The van der Waals surface area contributed by atoms with E-state index in [4.69, 9.17) is 0 Å². The number of hydrogen-bond donors (Lipinski definition) is 1. The molecular formula is C20H36N2O. The first-order valence-corrected chi connectivity index (χ1v) is 9.08. The normalized spacial score (nSPS) is 18.5. The molecule has 3 heteroatoms. The topological polar surface area (TPSA) is 32.3 Å². The third-order valence-electron chi connectivity index (χ3n) is 4.71. The Hall–Kier alpha value is -1.51. The third kappa shape index (κ3) is 5.89. The Morgan fingerprint density at radius 2 is 1.78 bits per heavy atom. The summed E-state index contributed by atoms with van der Waals surface area (Å²) >= 11 is 0. The molecule has 1 N–H and O–H groups in total. The van der Waals surface area contributed by atoms with Crippen molar-refractivity contribution in [1.29, 1.82) is 0 Å². The van der Waals surface area contributed by atoms with Gasteiger partial charge >= 0.3 is 0 Å². The molecule has 0 aromatic carbocycles. The van der Waals surface area contributed by atoms with Crippen molar-refractivity contribution in [2.75, 3.05) is 20.1 Å². The fourth-order valence-electron chi connectivity index (χ4n) is 3.16. The molecule has 0 atom stereocenters. The van der Waals surface area contributed by atoms with Gasteiger partial charge < -0.3 is 10.2 Å². The van der Waals surface area contributed by atoms with Crippen molar-refractivity contribution in [2.24, 2.45) is 5.41 Å². The maximum absolute atomic E-state index is 11.6. The summed E-state index contributed by atoms with van der Waals surface area (Å²) in [6.45, 7) is 17.3. The molecule has 1 aliphatic carbocycles. The molecule has 3 nitrogen and oxygen atoms in total. The van der Waals surface area contributed by atoms with Crippen molar-refractivity contribution in [3.8, 4) is 0 Å². The zero-order chi connectivity index (χ0) is 17.9. The van der Waals surface area contributed by atoms with Crippen molar-refractivity contribution in [2.45, 2.75) is 59.8 Å². The van der Waals surface area contributed by atoms with Crippen molar-refractivity contribution >= 4 is 5.91 Å². The van der Waals surface area contributed by atoms with Crippen LogP contribution in [0.4, 0.5) is 0 Å². The van der Waals surface area contributed by atoms with Gasteiger partial charge in [-0.25, -0.2) is 0 Å². The van der Waals surface area contributed by atoms with Gasteiger partial charge in [0.15, 0.2) is 0 Å². The zero-order valence-corrected chi connectivity index (χ0v) is 15.9. The lowest BCUT2D eigenvalue weighted by atomic mass is 9.68. The van der Waals surface area contributed by atoms with Gasteiger partial charge in [-0.3, -0.25) is 4.79 Å². The number of allylic oxidation sites excluding steroid dienone is 2. The molecule has 1 heterocycles. The molecular weight excluding hydrogens is 284 g/mol. The fraction of sp³-hybridized carbons (Fsp3) is 0.650. The summed E-state index contributed by atoms with van der Waals surface area (Å²) in [6, 6.07) is 0. The molecule has 0 aromatic rings. The van der Waals surface area contributed by atoms with Crippen LogP contribution in [0.1, 0.15) is 59.8 Å². The Morgan fingerprint density at radius 3 is 2.17 bits per heavy atom. The minimum atomic E-state index is 0.0745. The van der Waals surface area contributed by atoms with E-state index in [1.807, 2.05) is 39.6 Å². The first-order chi connectivity index (χ1) is 11.1. The molecule has 1 fully saturated rings. The van der Waals surface area contributed by atoms with Gasteiger partial charge in [-0.05, 0) is 49.2 Å². The van der Waals surface area contributed by atoms with Gasteiger partial charge in [-0.15, -0.1) is 0 Å². The summed E-state index contributed by atoms with van der Waals surface area (Å²) < 4.78 is 0. The van der Waals surface area contributed by atoms with Crippen LogP contribution in [-0.2, 0) is 4.79 Å². The minimum absolute atomic E-state index is 0.0745. The van der Waals surface area contributed by atoms with Gasteiger partial charge in [-0.2, -0.15) is 0 Å². The van der Waals surface area contributed by atoms with Gasteiger partial charge in [0, 0.05) is 25.8 Å². The van der Waals surface area contributed by atoms with E-state index in [-0.39, 0.29) is 5.91 Å². The van der Waals surface area contributed by atoms with Crippen LogP contribution in [0.15, 0.2) is 36.6 Å². The summed E-state index contributed by atoms with van der Waals surface area (Å²) in [5.41, 5.74) is 2.82. The van der Waals surface area contributed by atoms with Gasteiger partial charge in [-0.1, -0.05) is 46.9 Å². The second-order valence-electron chi connectivity index (χ2n) is 5.69. The second-order valence-corrected chi connectivity index (χ2v) is 5.69. The van der Waals surface area contributed by atoms with Crippen molar-refractivity contribution < 1.29 is 4.79 Å². The monoisotopic (exact) mass is 320 g/mol. The molecule has 0 radical (unpaired) electrons. The van der Waals surface area contributed by atoms with Crippen LogP contribution in [0.3, 0.4) is 0 Å². The van der Waals surface area contributed by atoms with E-state index < -0.39 is 0 Å². The minimum Gasteiger partial charge on any atom is -0.388 e. The quantitative estimate of drug-likeness (QED) is 0.766. The van der Waals surface area contributed by atoms with E-state index in [2.05, 4.69) is 24.6 Å². The standard InChI is InChI=1S/C16H24N2O.2C2H6/c1-4-15(19)18-11-9-16(10-12-18)7-5-14(6-8-16)13(2)17-3;2*1-2/h4-5,17H,1-2,6-12H2,3H3;2*1-2H3. The molecule has 1 aliphatic heterocycles. The molecule has 1 saturated heterocycles. The summed E-state index contributed by atoms with van der Waals surface area (Å²) in [4.78, 5) is 13.5. The zero-order valence-electron chi connectivity index (χ0n) is 15.9. The summed E-state index contributed by atoms with van der Waals surface area (Å²) in [6.07, 6.45) is 9.44. The van der Waals surface area contributed by atoms with E-state index in [0.717, 1.165) is 44.5 Å². The molecule has 1 amide bonds. The molecule has 0 aromatic heterocycles. The van der Waals surface area contributed by atoms with Crippen LogP contribution in [0, 0.1) is 5.41 Å². The average molecular weight is 321 g/mol. The Labute approximate surface area is 143 Å². The number of hydrogen-bond acceptors (Lipinski definition) is 2. The van der Waals surface area contributed by atoms with Crippen LogP contribution < -0.4 is 5.32 Å². The Bertz CT molecular complexity index is 415. The van der Waals surface area contributed by atoms with Crippen molar-refractivity contribution in [1.82, 2.24) is 10.2 Å². The number of nitrogens with zero attached hydrogens (tertiary/aromatic N) is 1. The number of carbonyl (C=O) groups excluding carboxylic acids is 1. The van der Waals surface area contributed by atoms with Crippen LogP contribution in [-0.4, -0.2) is 30.9 Å². The number of amides is 1. The molecule has 23 heavy (non-hydrogen) atoms. The number of nitrogens with one attached hydrogen (secondary N) is 1. The van der Waals surface area contributed by atoms with Gasteiger partial charge in [0.05, 0.1) is 0 Å². The molecule has 132 valence electrons. The van der Waals surface area contributed by atoms with Crippen LogP contribution >= 0.6 is 0 Å². The van der Waals surface area contributed by atoms with Gasteiger partial charge in [0.2, 0.25) is 5.91 Å². The largest absolute Gasteiger partial charge is 0.388 e. The average Bonchev–Trinajstić information content (AvgIpc) is 2.65. The second kappa shape index (κ2) is 11.1. The van der Waals surface area contributed by atoms with Crippen LogP contribution in [0.5, 0.6) is 0 Å². The lowest BCUT2D eigenvalue weighted by molar-refractivity contribution is -0.128. The molecule has 2 rings (SSSR count). The Balaban J connectivity index is 0.00000112. The van der Waals surface area contributed by atoms with Gasteiger partial charge in [0.1, 0.15) is 0 Å². The number of likely N-dealkylation sites (N-methyl/N-ethyl adjacent to an activating group) is 1. The highest BCUT2D eigenvalue weighted by molar-refractivity contribution is 5.87. The first-order valence-electron chi connectivity index (χ1n) is 9.08. The highest BCUT2D eigenvalue weighted by atomic mass is 16.2. The highest BCUT2D eigenvalue weighted by Crippen LogP contribution is 2.44. The highest BCUT2D eigenvalue weighted by Gasteiger charge is 2.36. The van der Waals surface area contributed by atoms with Crippen LogP contribution in [0.2, 0.25) is 0 Å². The third-order valence-corrected chi connectivity index (χ3v) is 4.71. The maximum atomic E-state index is 11.6.